The fraction of sp³-hybridized carbons (Fsp3) is 0.214. The Morgan fingerprint density at radius 3 is 3.05 bits per heavy atom. The fourth-order valence-corrected chi connectivity index (χ4v) is 3.15. The number of hydrogen-bond acceptors (Lipinski definition) is 4. The first-order valence-electron chi connectivity index (χ1n) is 6.37. The molecule has 0 aliphatic carbocycles. The van der Waals surface area contributed by atoms with Crippen molar-refractivity contribution in [3.63, 3.8) is 0 Å². The van der Waals surface area contributed by atoms with Gasteiger partial charge in [0.1, 0.15) is 11.4 Å². The van der Waals surface area contributed by atoms with E-state index in [2.05, 4.69) is 44.2 Å². The Labute approximate surface area is 134 Å². The number of halogens is 1. The van der Waals surface area contributed by atoms with Gasteiger partial charge in [0.25, 0.3) is 0 Å². The van der Waals surface area contributed by atoms with Gasteiger partial charge in [0.05, 0.1) is 3.57 Å². The number of ether oxygens (including phenoxy) is 1. The van der Waals surface area contributed by atoms with Crippen LogP contribution in [-0.4, -0.2) is 15.9 Å². The fourth-order valence-electron chi connectivity index (χ4n) is 1.93. The van der Waals surface area contributed by atoms with E-state index in [1.165, 1.54) is 0 Å². The van der Waals surface area contributed by atoms with Crippen LogP contribution < -0.4 is 10.1 Å². The van der Waals surface area contributed by atoms with Crippen LogP contribution in [0.4, 0.5) is 0 Å². The van der Waals surface area contributed by atoms with Crippen molar-refractivity contribution < 1.29 is 4.74 Å². The van der Waals surface area contributed by atoms with Crippen LogP contribution in [0.2, 0.25) is 0 Å². The summed E-state index contributed by atoms with van der Waals surface area (Å²) in [7, 11) is 0. The molecule has 3 rings (SSSR count). The van der Waals surface area contributed by atoms with Gasteiger partial charge in [-0.15, -0.1) is 11.3 Å². The first-order valence-corrected chi connectivity index (χ1v) is 8.33. The number of fused-ring (bicyclic) bond motifs is 1. The number of benzene rings is 1. The molecule has 4 nitrogen and oxygen atoms in total. The maximum absolute atomic E-state index is 6.01. The van der Waals surface area contributed by atoms with E-state index in [4.69, 9.17) is 4.74 Å². The summed E-state index contributed by atoms with van der Waals surface area (Å²) in [6, 6.07) is 7.96. The number of hydrogen-bond donors (Lipinski definition) is 1. The van der Waals surface area contributed by atoms with Gasteiger partial charge in [-0.25, -0.2) is 0 Å². The number of rotatable bonds is 5. The second kappa shape index (κ2) is 6.11. The molecule has 104 valence electrons. The van der Waals surface area contributed by atoms with Crippen molar-refractivity contribution in [1.82, 2.24) is 14.7 Å². The molecular formula is C14H14IN3OS. The van der Waals surface area contributed by atoms with Crippen LogP contribution >= 0.6 is 33.9 Å². The molecule has 0 saturated heterocycles. The lowest BCUT2D eigenvalue weighted by Gasteiger charge is -2.08. The van der Waals surface area contributed by atoms with Crippen LogP contribution in [0.15, 0.2) is 35.8 Å². The van der Waals surface area contributed by atoms with Crippen LogP contribution in [0.1, 0.15) is 12.6 Å². The molecule has 0 amide bonds. The van der Waals surface area contributed by atoms with Crippen molar-refractivity contribution in [3.05, 3.63) is 45.1 Å². The number of imidazole rings is 1. The third kappa shape index (κ3) is 2.68. The Bertz CT molecular complexity index is 722. The summed E-state index contributed by atoms with van der Waals surface area (Å²) in [5.74, 6) is 1.53. The van der Waals surface area contributed by atoms with E-state index in [0.29, 0.717) is 5.88 Å². The predicted molar refractivity (Wildman–Crippen MR) is 89.7 cm³/mol. The molecule has 1 aromatic carbocycles. The number of nitrogens with one attached hydrogen (secondary N) is 1. The Balaban J connectivity index is 1.97. The Hall–Kier alpha value is -1.12. The molecule has 2 aromatic heterocycles. The highest BCUT2D eigenvalue weighted by Crippen LogP contribution is 2.30. The van der Waals surface area contributed by atoms with Crippen LogP contribution in [0.25, 0.3) is 4.96 Å². The number of thiazole rings is 1. The summed E-state index contributed by atoms with van der Waals surface area (Å²) in [5, 5.41) is 5.37. The Morgan fingerprint density at radius 1 is 1.40 bits per heavy atom. The van der Waals surface area contributed by atoms with Crippen LogP contribution in [0, 0.1) is 3.57 Å². The zero-order valence-electron chi connectivity index (χ0n) is 11.0. The zero-order chi connectivity index (χ0) is 13.9. The summed E-state index contributed by atoms with van der Waals surface area (Å²) in [6.07, 6.45) is 2.03. The van der Waals surface area contributed by atoms with Crippen molar-refractivity contribution in [1.29, 1.82) is 0 Å². The second-order valence-electron chi connectivity index (χ2n) is 4.23. The minimum Gasteiger partial charge on any atom is -0.436 e. The van der Waals surface area contributed by atoms with Crippen molar-refractivity contribution in [3.8, 4) is 11.6 Å². The highest BCUT2D eigenvalue weighted by molar-refractivity contribution is 14.1. The average molecular weight is 399 g/mol. The van der Waals surface area contributed by atoms with Gasteiger partial charge >= 0.3 is 0 Å². The van der Waals surface area contributed by atoms with Crippen molar-refractivity contribution in [2.45, 2.75) is 13.5 Å². The molecule has 0 atom stereocenters. The van der Waals surface area contributed by atoms with Crippen LogP contribution in [0.3, 0.4) is 0 Å². The molecule has 0 fully saturated rings. The lowest BCUT2D eigenvalue weighted by molar-refractivity contribution is 0.453. The van der Waals surface area contributed by atoms with Crippen LogP contribution in [-0.2, 0) is 6.54 Å². The average Bonchev–Trinajstić information content (AvgIpc) is 3.00. The van der Waals surface area contributed by atoms with Gasteiger partial charge in [-0.2, -0.15) is 4.98 Å². The Kier molecular flexibility index (Phi) is 4.23. The van der Waals surface area contributed by atoms with E-state index in [-0.39, 0.29) is 0 Å². The molecule has 0 aliphatic rings. The van der Waals surface area contributed by atoms with Gasteiger partial charge < -0.3 is 10.1 Å². The summed E-state index contributed by atoms with van der Waals surface area (Å²) in [6.45, 7) is 3.75. The molecule has 0 saturated carbocycles. The first kappa shape index (κ1) is 13.8. The van der Waals surface area contributed by atoms with Gasteiger partial charge in [-0.3, -0.25) is 4.40 Å². The van der Waals surface area contributed by atoms with Gasteiger partial charge in [0, 0.05) is 18.1 Å². The van der Waals surface area contributed by atoms with E-state index < -0.39 is 0 Å². The summed E-state index contributed by atoms with van der Waals surface area (Å²) in [5.41, 5.74) is 1.06. The first-order chi connectivity index (χ1) is 9.79. The molecule has 0 unspecified atom stereocenters. The maximum atomic E-state index is 6.01. The molecule has 0 radical (unpaired) electrons. The monoisotopic (exact) mass is 399 g/mol. The van der Waals surface area contributed by atoms with Gasteiger partial charge in [0.2, 0.25) is 5.88 Å². The third-order valence-electron chi connectivity index (χ3n) is 2.91. The van der Waals surface area contributed by atoms with E-state index in [9.17, 15) is 0 Å². The highest BCUT2D eigenvalue weighted by Gasteiger charge is 2.15. The minimum atomic E-state index is 0.682. The SMILES string of the molecule is CCNCc1c(Oc2ccccc2I)nc2sccn12. The van der Waals surface area contributed by atoms with Crippen molar-refractivity contribution >= 4 is 38.9 Å². The zero-order valence-corrected chi connectivity index (χ0v) is 13.9. The van der Waals surface area contributed by atoms with Gasteiger partial charge in [-0.1, -0.05) is 19.1 Å². The number of nitrogens with zero attached hydrogens (tertiary/aromatic N) is 2. The summed E-state index contributed by atoms with van der Waals surface area (Å²) >= 11 is 3.88. The molecule has 6 heteroatoms. The smallest absolute Gasteiger partial charge is 0.243 e. The molecular weight excluding hydrogens is 385 g/mol. The number of aromatic nitrogens is 2. The van der Waals surface area contributed by atoms with Crippen molar-refractivity contribution in [2.24, 2.45) is 0 Å². The maximum Gasteiger partial charge on any atom is 0.243 e. The molecule has 3 aromatic rings. The standard InChI is InChI=1S/C14H14IN3OS/c1-2-16-9-11-13(17-14-18(11)7-8-20-14)19-12-6-4-3-5-10(12)15/h3-8,16H,2,9H2,1H3. The molecule has 1 N–H and O–H groups in total. The lowest BCUT2D eigenvalue weighted by Crippen LogP contribution is -2.13. The van der Waals surface area contributed by atoms with E-state index in [1.807, 2.05) is 35.8 Å². The second-order valence-corrected chi connectivity index (χ2v) is 6.27. The molecule has 20 heavy (non-hydrogen) atoms. The number of para-hydroxylation sites is 1. The van der Waals surface area contributed by atoms with Crippen LogP contribution in [0.5, 0.6) is 11.6 Å². The highest BCUT2D eigenvalue weighted by atomic mass is 127. The predicted octanol–water partition coefficient (Wildman–Crippen LogP) is 3.90. The third-order valence-corrected chi connectivity index (χ3v) is 4.56. The quantitative estimate of drug-likeness (QED) is 0.662. The Morgan fingerprint density at radius 2 is 2.25 bits per heavy atom. The van der Waals surface area contributed by atoms with Gasteiger partial charge in [0.15, 0.2) is 4.96 Å². The molecule has 0 aliphatic heterocycles. The van der Waals surface area contributed by atoms with E-state index >= 15 is 0 Å². The minimum absolute atomic E-state index is 0.682. The molecule has 0 spiro atoms. The normalized spacial score (nSPS) is 11.1. The summed E-state index contributed by atoms with van der Waals surface area (Å²) in [4.78, 5) is 5.54. The molecule has 2 heterocycles. The lowest BCUT2D eigenvalue weighted by atomic mass is 10.3. The summed E-state index contributed by atoms with van der Waals surface area (Å²) < 4.78 is 9.17. The van der Waals surface area contributed by atoms with Gasteiger partial charge in [-0.05, 0) is 41.3 Å². The van der Waals surface area contributed by atoms with E-state index in [1.54, 1.807) is 11.3 Å². The largest absolute Gasteiger partial charge is 0.436 e. The van der Waals surface area contributed by atoms with E-state index in [0.717, 1.165) is 33.1 Å². The molecule has 0 bridgehead atoms. The topological polar surface area (TPSA) is 38.6 Å². The van der Waals surface area contributed by atoms with Crippen molar-refractivity contribution in [2.75, 3.05) is 6.54 Å².